The minimum atomic E-state index is -1.86. The Hall–Kier alpha value is -2.83. The second kappa shape index (κ2) is 40.9. The summed E-state index contributed by atoms with van der Waals surface area (Å²) in [5.41, 5.74) is 0. The lowest BCUT2D eigenvalue weighted by atomic mass is 9.99. The molecule has 62 heavy (non-hydrogen) atoms. The number of allylic oxidation sites excluding steroid dienone is 8. The van der Waals surface area contributed by atoms with E-state index in [4.69, 9.17) is 18.9 Å². The second-order valence-electron chi connectivity index (χ2n) is 16.9. The SMILES string of the molecule is CC/C=C\C/C=C\C/C=C\CCCCCCCCCC(=O)OCC(COC1OC(C(=O)O)C(O)C(O)C1O)OC(=O)CCCCCCCCCCC/C=C\CCCCCCCC. The van der Waals surface area contributed by atoms with Crippen LogP contribution in [0.15, 0.2) is 48.6 Å². The summed E-state index contributed by atoms with van der Waals surface area (Å²) in [6.45, 7) is 3.70. The smallest absolute Gasteiger partial charge is 0.335 e. The van der Waals surface area contributed by atoms with Crippen molar-refractivity contribution in [1.82, 2.24) is 0 Å². The second-order valence-corrected chi connectivity index (χ2v) is 16.9. The van der Waals surface area contributed by atoms with Crippen molar-refractivity contribution in [3.63, 3.8) is 0 Å². The lowest BCUT2D eigenvalue weighted by Crippen LogP contribution is -2.60. The molecule has 1 saturated heterocycles. The first-order valence-electron chi connectivity index (χ1n) is 24.7. The van der Waals surface area contributed by atoms with Gasteiger partial charge in [0.25, 0.3) is 0 Å². The van der Waals surface area contributed by atoms with Crippen molar-refractivity contribution in [2.24, 2.45) is 0 Å². The molecule has 0 aromatic carbocycles. The molecule has 11 nitrogen and oxygen atoms in total. The molecule has 0 radical (unpaired) electrons. The van der Waals surface area contributed by atoms with E-state index in [9.17, 15) is 34.8 Å². The van der Waals surface area contributed by atoms with E-state index < -0.39 is 61.3 Å². The normalized spacial score (nSPS) is 19.9. The highest BCUT2D eigenvalue weighted by atomic mass is 16.7. The standard InChI is InChI=1S/C51H88O11/c1-3-5-7-9-11-13-15-17-19-21-22-24-26-28-30-32-34-36-38-40-45(53)61-43(42-60-51-48(56)46(54)47(55)49(62-51)50(57)58)41-59-44(52)39-37-35-33-31-29-27-25-23-20-18-16-14-12-10-8-6-4-2/h6,8,12,14,17-20,43,46-49,51,54-56H,3-5,7,9-11,13,15-16,21-42H2,1-2H3,(H,57,58)/b8-6-,14-12-,19-17-,20-18-. The summed E-state index contributed by atoms with van der Waals surface area (Å²) in [5.74, 6) is -2.46. The molecule has 6 unspecified atom stereocenters. The van der Waals surface area contributed by atoms with Gasteiger partial charge in [-0.3, -0.25) is 9.59 Å². The van der Waals surface area contributed by atoms with Gasteiger partial charge in [0.15, 0.2) is 18.5 Å². The molecule has 358 valence electrons. The highest BCUT2D eigenvalue weighted by Gasteiger charge is 2.47. The van der Waals surface area contributed by atoms with Crippen molar-refractivity contribution in [1.29, 1.82) is 0 Å². The Kier molecular flexibility index (Phi) is 37.7. The van der Waals surface area contributed by atoms with Crippen LogP contribution in [0, 0.1) is 0 Å². The Morgan fingerprint density at radius 2 is 0.952 bits per heavy atom. The van der Waals surface area contributed by atoms with Crippen LogP contribution in [-0.4, -0.2) is 88.4 Å². The lowest BCUT2D eigenvalue weighted by Gasteiger charge is -2.38. The summed E-state index contributed by atoms with van der Waals surface area (Å²) < 4.78 is 21.8. The number of carbonyl (C=O) groups excluding carboxylic acids is 2. The van der Waals surface area contributed by atoms with Gasteiger partial charge >= 0.3 is 17.9 Å². The largest absolute Gasteiger partial charge is 0.479 e. The van der Waals surface area contributed by atoms with E-state index in [-0.39, 0.29) is 19.4 Å². The number of rotatable bonds is 41. The monoisotopic (exact) mass is 877 g/mol. The maximum atomic E-state index is 12.8. The zero-order chi connectivity index (χ0) is 45.3. The molecule has 4 N–H and O–H groups in total. The van der Waals surface area contributed by atoms with Crippen LogP contribution in [0.4, 0.5) is 0 Å². The van der Waals surface area contributed by atoms with E-state index in [1.807, 2.05) is 0 Å². The first-order chi connectivity index (χ1) is 30.2. The molecule has 1 aliphatic rings. The first kappa shape index (κ1) is 57.2. The van der Waals surface area contributed by atoms with Crippen molar-refractivity contribution in [3.8, 4) is 0 Å². The Balaban J connectivity index is 2.33. The van der Waals surface area contributed by atoms with Gasteiger partial charge in [-0.15, -0.1) is 0 Å². The van der Waals surface area contributed by atoms with Gasteiger partial charge in [-0.1, -0.05) is 172 Å². The maximum Gasteiger partial charge on any atom is 0.335 e. The molecule has 1 fully saturated rings. The Bertz CT molecular complexity index is 1210. The minimum absolute atomic E-state index is 0.178. The molecular formula is C51H88O11. The van der Waals surface area contributed by atoms with Crippen LogP contribution in [0.2, 0.25) is 0 Å². The van der Waals surface area contributed by atoms with Crippen LogP contribution in [0.3, 0.4) is 0 Å². The molecule has 11 heteroatoms. The lowest BCUT2D eigenvalue weighted by molar-refractivity contribution is -0.298. The van der Waals surface area contributed by atoms with Crippen molar-refractivity contribution >= 4 is 17.9 Å². The fraction of sp³-hybridized carbons (Fsp3) is 0.784. The minimum Gasteiger partial charge on any atom is -0.479 e. The van der Waals surface area contributed by atoms with Gasteiger partial charge in [0, 0.05) is 12.8 Å². The fourth-order valence-corrected chi connectivity index (χ4v) is 7.30. The van der Waals surface area contributed by atoms with Crippen LogP contribution in [0.25, 0.3) is 0 Å². The molecule has 0 amide bonds. The molecule has 1 aliphatic heterocycles. The fourth-order valence-electron chi connectivity index (χ4n) is 7.30. The summed E-state index contributed by atoms with van der Waals surface area (Å²) in [4.78, 5) is 36.9. The summed E-state index contributed by atoms with van der Waals surface area (Å²) in [6, 6.07) is 0. The van der Waals surface area contributed by atoms with Crippen molar-refractivity contribution in [2.75, 3.05) is 13.2 Å². The van der Waals surface area contributed by atoms with Crippen LogP contribution >= 0.6 is 0 Å². The number of aliphatic hydroxyl groups is 3. The third-order valence-electron chi connectivity index (χ3n) is 11.2. The summed E-state index contributed by atoms with van der Waals surface area (Å²) in [5, 5.41) is 39.9. The number of hydrogen-bond acceptors (Lipinski definition) is 10. The summed E-state index contributed by atoms with van der Waals surface area (Å²) in [7, 11) is 0. The molecule has 0 aliphatic carbocycles. The van der Waals surface area contributed by atoms with E-state index in [1.54, 1.807) is 0 Å². The number of carbonyl (C=O) groups is 3. The topological polar surface area (TPSA) is 169 Å². The van der Waals surface area contributed by atoms with Crippen LogP contribution < -0.4 is 0 Å². The zero-order valence-electron chi connectivity index (χ0n) is 38.9. The van der Waals surface area contributed by atoms with E-state index >= 15 is 0 Å². The quantitative estimate of drug-likeness (QED) is 0.0262. The highest BCUT2D eigenvalue weighted by Crippen LogP contribution is 2.23. The molecule has 0 aromatic rings. The highest BCUT2D eigenvalue weighted by molar-refractivity contribution is 5.73. The van der Waals surface area contributed by atoms with Crippen LogP contribution in [0.1, 0.15) is 206 Å². The van der Waals surface area contributed by atoms with Crippen molar-refractivity contribution in [2.45, 2.75) is 243 Å². The van der Waals surface area contributed by atoms with Gasteiger partial charge in [-0.2, -0.15) is 0 Å². The molecule has 0 aromatic heterocycles. The molecular weight excluding hydrogens is 789 g/mol. The van der Waals surface area contributed by atoms with E-state index in [1.165, 1.54) is 96.3 Å². The van der Waals surface area contributed by atoms with E-state index in [0.29, 0.717) is 12.8 Å². The van der Waals surface area contributed by atoms with Gasteiger partial charge in [0.05, 0.1) is 6.61 Å². The first-order valence-corrected chi connectivity index (χ1v) is 24.7. The van der Waals surface area contributed by atoms with Gasteiger partial charge in [-0.25, -0.2) is 4.79 Å². The van der Waals surface area contributed by atoms with Gasteiger partial charge in [0.2, 0.25) is 0 Å². The number of aliphatic hydroxyl groups excluding tert-OH is 3. The average Bonchev–Trinajstić information content (AvgIpc) is 3.26. The molecule has 1 heterocycles. The van der Waals surface area contributed by atoms with Crippen molar-refractivity contribution in [3.05, 3.63) is 48.6 Å². The molecule has 1 rings (SSSR count). The number of ether oxygens (including phenoxy) is 4. The zero-order valence-corrected chi connectivity index (χ0v) is 38.9. The number of carboxylic acid groups (broad SMARTS) is 1. The number of hydrogen-bond donors (Lipinski definition) is 4. The number of aliphatic carboxylic acids is 1. The van der Waals surface area contributed by atoms with Crippen molar-refractivity contribution < 1.29 is 53.8 Å². The number of carboxylic acids is 1. The third-order valence-corrected chi connectivity index (χ3v) is 11.2. The van der Waals surface area contributed by atoms with Crippen LogP contribution in [-0.2, 0) is 33.3 Å². The van der Waals surface area contributed by atoms with E-state index in [2.05, 4.69) is 62.5 Å². The summed E-state index contributed by atoms with van der Waals surface area (Å²) in [6.07, 6.45) is 40.1. The molecule has 0 saturated carbocycles. The van der Waals surface area contributed by atoms with Crippen LogP contribution in [0.5, 0.6) is 0 Å². The Labute approximate surface area is 375 Å². The van der Waals surface area contributed by atoms with E-state index in [0.717, 1.165) is 70.6 Å². The number of esters is 2. The molecule has 6 atom stereocenters. The maximum absolute atomic E-state index is 12.8. The Morgan fingerprint density at radius 1 is 0.516 bits per heavy atom. The van der Waals surface area contributed by atoms with Gasteiger partial charge < -0.3 is 39.4 Å². The predicted molar refractivity (Wildman–Crippen MR) is 248 cm³/mol. The predicted octanol–water partition coefficient (Wildman–Crippen LogP) is 11.3. The van der Waals surface area contributed by atoms with Gasteiger partial charge in [0.1, 0.15) is 24.9 Å². The summed E-state index contributed by atoms with van der Waals surface area (Å²) >= 11 is 0. The van der Waals surface area contributed by atoms with Gasteiger partial charge in [-0.05, 0) is 70.6 Å². The third kappa shape index (κ3) is 31.9. The average molecular weight is 877 g/mol. The molecule has 0 spiro atoms. The molecule has 0 bridgehead atoms. The Morgan fingerprint density at radius 3 is 1.45 bits per heavy atom. The number of unbranched alkanes of at least 4 members (excludes halogenated alkanes) is 22.